The molecule has 0 aliphatic heterocycles. The van der Waals surface area contributed by atoms with Gasteiger partial charge >= 0.3 is 0 Å². The second-order valence-electron chi connectivity index (χ2n) is 5.21. The molecule has 144 valence electrons. The number of fused-ring (bicyclic) bond motifs is 1. The fourth-order valence-electron chi connectivity index (χ4n) is 2.21. The number of hydrogen-bond acceptors (Lipinski definition) is 7. The van der Waals surface area contributed by atoms with Gasteiger partial charge in [-0.05, 0) is 30.0 Å². The lowest BCUT2D eigenvalue weighted by Gasteiger charge is -2.12. The molecule has 0 saturated heterocycles. The van der Waals surface area contributed by atoms with Crippen LogP contribution in [0.3, 0.4) is 0 Å². The van der Waals surface area contributed by atoms with E-state index in [1.807, 2.05) is 0 Å². The molecule has 0 amide bonds. The second-order valence-corrected chi connectivity index (χ2v) is 9.57. The average Bonchev–Trinajstić information content (AvgIpc) is 2.47. The zero-order valence-corrected chi connectivity index (χ0v) is 15.4. The Bertz CT molecular complexity index is 1150. The van der Waals surface area contributed by atoms with Crippen molar-refractivity contribution in [3.63, 3.8) is 0 Å². The Hall–Kier alpha value is -1.77. The molecule has 2 aromatic rings. The largest absolute Gasteiger partial charge is 0.492 e. The van der Waals surface area contributed by atoms with Crippen LogP contribution >= 0.6 is 0 Å². The molecule has 0 atom stereocenters. The highest BCUT2D eigenvalue weighted by Crippen LogP contribution is 2.33. The highest BCUT2D eigenvalue weighted by molar-refractivity contribution is 7.86. The maximum atomic E-state index is 11.7. The monoisotopic (exact) mass is 426 g/mol. The van der Waals surface area contributed by atoms with Crippen molar-refractivity contribution in [2.24, 2.45) is 0 Å². The molecule has 3 N–H and O–H groups in total. The SMILES string of the molecule is O=S(=O)(O)CCCOc1ccc2ccc(S(=O)(=O)O)cc2c1S(=O)(=O)O. The Labute approximate surface area is 149 Å². The van der Waals surface area contributed by atoms with E-state index in [1.165, 1.54) is 18.2 Å². The Kier molecular flexibility index (Phi) is 5.60. The van der Waals surface area contributed by atoms with Gasteiger partial charge in [-0.15, -0.1) is 0 Å². The smallest absolute Gasteiger partial charge is 0.298 e. The van der Waals surface area contributed by atoms with E-state index in [4.69, 9.17) is 13.8 Å². The summed E-state index contributed by atoms with van der Waals surface area (Å²) in [5, 5.41) is 0.0326. The van der Waals surface area contributed by atoms with E-state index in [2.05, 4.69) is 0 Å². The molecule has 26 heavy (non-hydrogen) atoms. The quantitative estimate of drug-likeness (QED) is 0.428. The third-order valence-electron chi connectivity index (χ3n) is 3.27. The molecule has 2 aromatic carbocycles. The molecule has 0 bridgehead atoms. The first-order valence-electron chi connectivity index (χ1n) is 6.89. The average molecular weight is 426 g/mol. The van der Waals surface area contributed by atoms with Crippen molar-refractivity contribution in [3.05, 3.63) is 30.3 Å². The van der Waals surface area contributed by atoms with Crippen LogP contribution < -0.4 is 4.74 Å². The van der Waals surface area contributed by atoms with E-state index in [1.54, 1.807) is 0 Å². The summed E-state index contributed by atoms with van der Waals surface area (Å²) < 4.78 is 99.7. The zero-order chi connectivity index (χ0) is 19.8. The summed E-state index contributed by atoms with van der Waals surface area (Å²) in [5.74, 6) is -0.961. The van der Waals surface area contributed by atoms with E-state index < -0.39 is 45.9 Å². The molecule has 0 aliphatic rings. The van der Waals surface area contributed by atoms with Crippen LogP contribution in [0.5, 0.6) is 5.75 Å². The normalized spacial score (nSPS) is 13.0. The van der Waals surface area contributed by atoms with Crippen LogP contribution in [0.4, 0.5) is 0 Å². The van der Waals surface area contributed by atoms with Crippen molar-refractivity contribution in [1.29, 1.82) is 0 Å². The lowest BCUT2D eigenvalue weighted by molar-refractivity contribution is 0.307. The van der Waals surface area contributed by atoms with Crippen LogP contribution in [0.15, 0.2) is 40.1 Å². The maximum Gasteiger partial charge on any atom is 0.298 e. The van der Waals surface area contributed by atoms with Crippen LogP contribution in [-0.2, 0) is 30.4 Å². The van der Waals surface area contributed by atoms with E-state index in [9.17, 15) is 29.8 Å². The molecule has 13 heteroatoms. The Balaban J connectivity index is 2.53. The van der Waals surface area contributed by atoms with Gasteiger partial charge in [-0.1, -0.05) is 12.1 Å². The highest BCUT2D eigenvalue weighted by Gasteiger charge is 2.22. The summed E-state index contributed by atoms with van der Waals surface area (Å²) >= 11 is 0. The third kappa shape index (κ3) is 5.12. The van der Waals surface area contributed by atoms with Crippen molar-refractivity contribution in [1.82, 2.24) is 0 Å². The van der Waals surface area contributed by atoms with Gasteiger partial charge in [0.05, 0.1) is 17.3 Å². The van der Waals surface area contributed by atoms with Crippen LogP contribution in [0.1, 0.15) is 6.42 Å². The Morgan fingerprint density at radius 3 is 2.00 bits per heavy atom. The summed E-state index contributed by atoms with van der Waals surface area (Å²) in [6.45, 7) is -0.300. The van der Waals surface area contributed by atoms with Gasteiger partial charge in [-0.25, -0.2) is 0 Å². The summed E-state index contributed by atoms with van der Waals surface area (Å²) in [7, 11) is -13.7. The molecule has 0 unspecified atom stereocenters. The second kappa shape index (κ2) is 7.09. The molecule has 0 fully saturated rings. The highest BCUT2D eigenvalue weighted by atomic mass is 32.2. The van der Waals surface area contributed by atoms with Crippen molar-refractivity contribution >= 4 is 41.1 Å². The minimum atomic E-state index is -4.86. The molecule has 2 rings (SSSR count). The molecular formula is C13H14O10S3. The predicted molar refractivity (Wildman–Crippen MR) is 90.1 cm³/mol. The topological polar surface area (TPSA) is 172 Å². The van der Waals surface area contributed by atoms with Gasteiger partial charge in [-0.2, -0.15) is 25.3 Å². The summed E-state index contributed by atoms with van der Waals surface area (Å²) in [6, 6.07) is 5.73. The Morgan fingerprint density at radius 2 is 1.46 bits per heavy atom. The first-order valence-corrected chi connectivity index (χ1v) is 11.4. The first kappa shape index (κ1) is 20.5. The van der Waals surface area contributed by atoms with Crippen molar-refractivity contribution in [2.75, 3.05) is 12.4 Å². The molecule has 0 radical (unpaired) electrons. The van der Waals surface area contributed by atoms with E-state index in [0.717, 1.165) is 12.1 Å². The first-order chi connectivity index (χ1) is 11.8. The van der Waals surface area contributed by atoms with Gasteiger partial charge in [0.25, 0.3) is 30.4 Å². The molecule has 0 spiro atoms. The van der Waals surface area contributed by atoms with Crippen molar-refractivity contribution < 1.29 is 43.6 Å². The van der Waals surface area contributed by atoms with E-state index in [-0.39, 0.29) is 29.5 Å². The number of benzene rings is 2. The number of hydrogen-bond donors (Lipinski definition) is 3. The van der Waals surface area contributed by atoms with Crippen LogP contribution in [0.2, 0.25) is 0 Å². The minimum absolute atomic E-state index is 0.160. The minimum Gasteiger partial charge on any atom is -0.492 e. The van der Waals surface area contributed by atoms with Crippen LogP contribution in [-0.4, -0.2) is 51.3 Å². The van der Waals surface area contributed by atoms with Crippen molar-refractivity contribution in [2.45, 2.75) is 16.2 Å². The summed E-state index contributed by atoms with van der Waals surface area (Å²) in [4.78, 5) is -1.31. The predicted octanol–water partition coefficient (Wildman–Crippen LogP) is 0.990. The molecule has 0 aromatic heterocycles. The number of ether oxygens (including phenoxy) is 1. The van der Waals surface area contributed by atoms with Gasteiger partial charge in [0.15, 0.2) is 0 Å². The van der Waals surface area contributed by atoms with E-state index >= 15 is 0 Å². The van der Waals surface area contributed by atoms with Gasteiger partial charge in [0, 0.05) is 5.39 Å². The standard InChI is InChI=1S/C13H14O10S3/c14-24(15,16)7-1-6-23-12-5-3-9-2-4-10(25(17,18)19)8-11(9)13(12)26(20,21)22/h2-5,8H,1,6-7H2,(H,14,15,16)(H,17,18,19)(H,20,21,22). The zero-order valence-electron chi connectivity index (χ0n) is 12.9. The fraction of sp³-hybridized carbons (Fsp3) is 0.231. The van der Waals surface area contributed by atoms with Gasteiger partial charge in [0.1, 0.15) is 10.6 Å². The third-order valence-corrected chi connectivity index (χ3v) is 5.86. The van der Waals surface area contributed by atoms with Crippen LogP contribution in [0, 0.1) is 0 Å². The lowest BCUT2D eigenvalue weighted by atomic mass is 10.1. The number of rotatable bonds is 7. The lowest BCUT2D eigenvalue weighted by Crippen LogP contribution is -2.10. The van der Waals surface area contributed by atoms with E-state index in [0.29, 0.717) is 0 Å². The summed E-state index contributed by atoms with van der Waals surface area (Å²) in [5.41, 5.74) is 0. The molecule has 0 heterocycles. The fourth-order valence-corrected chi connectivity index (χ4v) is 4.04. The molecular weight excluding hydrogens is 412 g/mol. The van der Waals surface area contributed by atoms with Gasteiger partial charge in [0.2, 0.25) is 0 Å². The molecule has 0 aliphatic carbocycles. The van der Waals surface area contributed by atoms with Gasteiger partial charge in [-0.3, -0.25) is 13.7 Å². The summed E-state index contributed by atoms with van der Waals surface area (Å²) in [6.07, 6.45) is -0.160. The van der Waals surface area contributed by atoms with Crippen molar-refractivity contribution in [3.8, 4) is 5.75 Å². The molecule has 10 nitrogen and oxygen atoms in total. The van der Waals surface area contributed by atoms with Gasteiger partial charge < -0.3 is 4.74 Å². The Morgan fingerprint density at radius 1 is 0.846 bits per heavy atom. The van der Waals surface area contributed by atoms with Crippen LogP contribution in [0.25, 0.3) is 10.8 Å². The molecule has 0 saturated carbocycles. The maximum absolute atomic E-state index is 11.7.